The Hall–Kier alpha value is -0.440. The first kappa shape index (κ1) is 13.6. The standard InChI is InChI=1S/C11H12Cl3NO/c1-7(12)4-5-15-11(16)8-2-3-9(13)10(14)6-8/h2-3,6-7H,4-5H2,1H3,(H,15,16). The van der Waals surface area contributed by atoms with Crippen LogP contribution in [0.4, 0.5) is 0 Å². The molecule has 0 heterocycles. The minimum atomic E-state index is -0.170. The Labute approximate surface area is 110 Å². The zero-order valence-corrected chi connectivity index (χ0v) is 11.0. The van der Waals surface area contributed by atoms with Crippen LogP contribution in [-0.4, -0.2) is 17.8 Å². The first-order chi connectivity index (χ1) is 7.50. The average molecular weight is 281 g/mol. The van der Waals surface area contributed by atoms with E-state index in [1.54, 1.807) is 18.2 Å². The SMILES string of the molecule is CC(Cl)CCNC(=O)c1ccc(Cl)c(Cl)c1. The molecule has 1 aromatic carbocycles. The summed E-state index contributed by atoms with van der Waals surface area (Å²) in [5.41, 5.74) is 0.497. The summed E-state index contributed by atoms with van der Waals surface area (Å²) in [6.45, 7) is 2.43. The predicted molar refractivity (Wildman–Crippen MR) is 68.7 cm³/mol. The number of rotatable bonds is 4. The van der Waals surface area contributed by atoms with Crippen molar-refractivity contribution in [2.45, 2.75) is 18.7 Å². The molecule has 5 heteroatoms. The van der Waals surface area contributed by atoms with Crippen LogP contribution in [0.3, 0.4) is 0 Å². The van der Waals surface area contributed by atoms with Gasteiger partial charge in [-0.1, -0.05) is 23.2 Å². The lowest BCUT2D eigenvalue weighted by molar-refractivity contribution is 0.0953. The summed E-state index contributed by atoms with van der Waals surface area (Å²) in [7, 11) is 0. The van der Waals surface area contributed by atoms with Crippen molar-refractivity contribution >= 4 is 40.7 Å². The summed E-state index contributed by atoms with van der Waals surface area (Å²) in [5, 5.41) is 3.61. The van der Waals surface area contributed by atoms with Gasteiger partial charge in [-0.05, 0) is 31.5 Å². The van der Waals surface area contributed by atoms with Crippen molar-refractivity contribution in [3.05, 3.63) is 33.8 Å². The molecule has 0 aliphatic rings. The summed E-state index contributed by atoms with van der Waals surface area (Å²) >= 11 is 17.3. The summed E-state index contributed by atoms with van der Waals surface area (Å²) in [5.74, 6) is -0.170. The summed E-state index contributed by atoms with van der Waals surface area (Å²) < 4.78 is 0. The fraction of sp³-hybridized carbons (Fsp3) is 0.364. The van der Waals surface area contributed by atoms with Gasteiger partial charge in [0.25, 0.3) is 5.91 Å². The van der Waals surface area contributed by atoms with Gasteiger partial charge in [0.1, 0.15) is 0 Å². The van der Waals surface area contributed by atoms with Crippen molar-refractivity contribution in [2.75, 3.05) is 6.54 Å². The normalized spacial score (nSPS) is 12.2. The van der Waals surface area contributed by atoms with Crippen molar-refractivity contribution in [2.24, 2.45) is 0 Å². The molecule has 2 nitrogen and oxygen atoms in total. The Kier molecular flexibility index (Phi) is 5.39. The van der Waals surface area contributed by atoms with Gasteiger partial charge >= 0.3 is 0 Å². The number of nitrogens with one attached hydrogen (secondary N) is 1. The van der Waals surface area contributed by atoms with Gasteiger partial charge in [0.05, 0.1) is 10.0 Å². The third-order valence-electron chi connectivity index (χ3n) is 2.01. The third kappa shape index (κ3) is 4.20. The first-order valence-corrected chi connectivity index (χ1v) is 6.07. The van der Waals surface area contributed by atoms with E-state index in [1.807, 2.05) is 6.92 Å². The maximum atomic E-state index is 11.6. The maximum Gasteiger partial charge on any atom is 0.251 e. The fourth-order valence-electron chi connectivity index (χ4n) is 1.12. The number of halogens is 3. The first-order valence-electron chi connectivity index (χ1n) is 4.88. The second kappa shape index (κ2) is 6.33. The van der Waals surface area contributed by atoms with Gasteiger partial charge in [-0.15, -0.1) is 11.6 Å². The van der Waals surface area contributed by atoms with E-state index in [0.717, 1.165) is 6.42 Å². The molecule has 0 saturated carbocycles. The molecule has 1 aromatic rings. The predicted octanol–water partition coefficient (Wildman–Crippen LogP) is 3.74. The molecular weight excluding hydrogens is 268 g/mol. The van der Waals surface area contributed by atoms with E-state index in [2.05, 4.69) is 5.32 Å². The van der Waals surface area contributed by atoms with Gasteiger partial charge in [0.15, 0.2) is 0 Å². The molecular formula is C11H12Cl3NO. The lowest BCUT2D eigenvalue weighted by atomic mass is 10.2. The van der Waals surface area contributed by atoms with E-state index in [-0.39, 0.29) is 11.3 Å². The van der Waals surface area contributed by atoms with E-state index >= 15 is 0 Å². The van der Waals surface area contributed by atoms with Crippen molar-refractivity contribution in [1.82, 2.24) is 5.32 Å². The second-order valence-electron chi connectivity index (χ2n) is 3.45. The Morgan fingerprint density at radius 3 is 2.62 bits per heavy atom. The van der Waals surface area contributed by atoms with Crippen LogP contribution < -0.4 is 5.32 Å². The highest BCUT2D eigenvalue weighted by atomic mass is 35.5. The minimum Gasteiger partial charge on any atom is -0.352 e. The van der Waals surface area contributed by atoms with Gasteiger partial charge in [-0.25, -0.2) is 0 Å². The topological polar surface area (TPSA) is 29.1 Å². The lowest BCUT2D eigenvalue weighted by Gasteiger charge is -2.06. The summed E-state index contributed by atoms with van der Waals surface area (Å²) in [4.78, 5) is 11.6. The Balaban J connectivity index is 2.56. The van der Waals surface area contributed by atoms with E-state index in [0.29, 0.717) is 22.2 Å². The second-order valence-corrected chi connectivity index (χ2v) is 5.01. The molecule has 0 bridgehead atoms. The largest absolute Gasteiger partial charge is 0.352 e. The van der Waals surface area contributed by atoms with Gasteiger partial charge in [-0.3, -0.25) is 4.79 Å². The molecule has 1 unspecified atom stereocenters. The van der Waals surface area contributed by atoms with Crippen molar-refractivity contribution in [3.63, 3.8) is 0 Å². The highest BCUT2D eigenvalue weighted by Gasteiger charge is 2.07. The molecule has 1 N–H and O–H groups in total. The van der Waals surface area contributed by atoms with Gasteiger partial charge in [-0.2, -0.15) is 0 Å². The number of hydrogen-bond donors (Lipinski definition) is 1. The maximum absolute atomic E-state index is 11.6. The third-order valence-corrected chi connectivity index (χ3v) is 2.97. The highest BCUT2D eigenvalue weighted by Crippen LogP contribution is 2.22. The average Bonchev–Trinajstić information content (AvgIpc) is 2.21. The number of carbonyl (C=O) groups is 1. The van der Waals surface area contributed by atoms with Crippen LogP contribution in [0.2, 0.25) is 10.0 Å². The minimum absolute atomic E-state index is 0.0501. The number of hydrogen-bond acceptors (Lipinski definition) is 1. The molecule has 0 radical (unpaired) electrons. The molecule has 0 aliphatic heterocycles. The van der Waals surface area contributed by atoms with E-state index in [4.69, 9.17) is 34.8 Å². The molecule has 1 rings (SSSR count). The molecule has 0 spiro atoms. The zero-order valence-electron chi connectivity index (χ0n) is 8.77. The van der Waals surface area contributed by atoms with Crippen LogP contribution in [0.1, 0.15) is 23.7 Å². The van der Waals surface area contributed by atoms with E-state index in [9.17, 15) is 4.79 Å². The van der Waals surface area contributed by atoms with Crippen molar-refractivity contribution in [3.8, 4) is 0 Å². The number of amides is 1. The molecule has 0 aromatic heterocycles. The van der Waals surface area contributed by atoms with Crippen LogP contribution in [0, 0.1) is 0 Å². The zero-order chi connectivity index (χ0) is 12.1. The molecule has 88 valence electrons. The van der Waals surface area contributed by atoms with Gasteiger partial charge in [0, 0.05) is 17.5 Å². The molecule has 1 amide bonds. The molecule has 1 atom stereocenters. The number of carbonyl (C=O) groups excluding carboxylic acids is 1. The molecule has 0 aliphatic carbocycles. The van der Waals surface area contributed by atoms with Crippen molar-refractivity contribution < 1.29 is 4.79 Å². The van der Waals surface area contributed by atoms with Crippen LogP contribution in [0.5, 0.6) is 0 Å². The van der Waals surface area contributed by atoms with Gasteiger partial charge < -0.3 is 5.32 Å². The van der Waals surface area contributed by atoms with Crippen molar-refractivity contribution in [1.29, 1.82) is 0 Å². The van der Waals surface area contributed by atoms with Crippen LogP contribution >= 0.6 is 34.8 Å². The van der Waals surface area contributed by atoms with E-state index < -0.39 is 0 Å². The van der Waals surface area contributed by atoms with Gasteiger partial charge in [0.2, 0.25) is 0 Å². The number of benzene rings is 1. The Morgan fingerprint density at radius 2 is 2.06 bits per heavy atom. The smallest absolute Gasteiger partial charge is 0.251 e. The Bertz CT molecular complexity index is 379. The highest BCUT2D eigenvalue weighted by molar-refractivity contribution is 6.42. The summed E-state index contributed by atoms with van der Waals surface area (Å²) in [6, 6.07) is 4.78. The van der Waals surface area contributed by atoms with Crippen LogP contribution in [0.25, 0.3) is 0 Å². The van der Waals surface area contributed by atoms with Crippen LogP contribution in [-0.2, 0) is 0 Å². The fourth-order valence-corrected chi connectivity index (χ4v) is 1.53. The van der Waals surface area contributed by atoms with Crippen LogP contribution in [0.15, 0.2) is 18.2 Å². The molecule has 0 saturated heterocycles. The lowest BCUT2D eigenvalue weighted by Crippen LogP contribution is -2.25. The summed E-state index contributed by atoms with van der Waals surface area (Å²) in [6.07, 6.45) is 0.731. The molecule has 16 heavy (non-hydrogen) atoms. The quantitative estimate of drug-likeness (QED) is 0.836. The monoisotopic (exact) mass is 279 g/mol. The van der Waals surface area contributed by atoms with E-state index in [1.165, 1.54) is 0 Å². The number of alkyl halides is 1. The Morgan fingerprint density at radius 1 is 1.38 bits per heavy atom. The molecule has 0 fully saturated rings.